The summed E-state index contributed by atoms with van der Waals surface area (Å²) >= 11 is 0. The van der Waals surface area contributed by atoms with Crippen LogP contribution in [0.4, 0.5) is 5.82 Å². The summed E-state index contributed by atoms with van der Waals surface area (Å²) in [4.78, 5) is 57.1. The van der Waals surface area contributed by atoms with Crippen molar-refractivity contribution in [3.63, 3.8) is 0 Å². The fraction of sp³-hybridized carbons (Fsp3) is 0.167. The first-order valence-corrected chi connectivity index (χ1v) is 12.2. The molecule has 1 aromatic heterocycles. The van der Waals surface area contributed by atoms with Gasteiger partial charge in [-0.1, -0.05) is 54.1 Å². The van der Waals surface area contributed by atoms with E-state index in [4.69, 9.17) is 9.73 Å². The Kier molecular flexibility index (Phi) is 5.34. The molecule has 0 fully saturated rings. The van der Waals surface area contributed by atoms with E-state index in [1.54, 1.807) is 61.6 Å². The third-order valence-corrected chi connectivity index (χ3v) is 7.29. The van der Waals surface area contributed by atoms with Crippen molar-refractivity contribution < 1.29 is 14.3 Å². The highest BCUT2D eigenvalue weighted by Gasteiger charge is 2.47. The molecule has 4 aromatic rings. The lowest BCUT2D eigenvalue weighted by molar-refractivity contribution is 0.0734. The molecule has 0 bridgehead atoms. The summed E-state index contributed by atoms with van der Waals surface area (Å²) in [5, 5.41) is 0. The predicted octanol–water partition coefficient (Wildman–Crippen LogP) is 3.69. The van der Waals surface area contributed by atoms with E-state index in [2.05, 4.69) is 0 Å². The molecule has 8 nitrogen and oxygen atoms in total. The van der Waals surface area contributed by atoms with E-state index in [-0.39, 0.29) is 17.2 Å². The molecule has 0 unspecified atom stereocenters. The lowest BCUT2D eigenvalue weighted by atomic mass is 9.76. The van der Waals surface area contributed by atoms with Crippen molar-refractivity contribution in [3.8, 4) is 5.75 Å². The van der Waals surface area contributed by atoms with E-state index in [9.17, 15) is 19.2 Å². The molecule has 0 radical (unpaired) electrons. The summed E-state index contributed by atoms with van der Waals surface area (Å²) < 4.78 is 7.94. The van der Waals surface area contributed by atoms with Crippen LogP contribution in [-0.2, 0) is 14.1 Å². The highest BCUT2D eigenvalue weighted by Crippen LogP contribution is 2.46. The molecule has 2 atom stereocenters. The van der Waals surface area contributed by atoms with Crippen LogP contribution in [-0.4, -0.2) is 26.6 Å². The van der Waals surface area contributed by atoms with Crippen LogP contribution in [0.3, 0.4) is 0 Å². The minimum absolute atomic E-state index is 0.124. The SMILES string of the molecule is Cc1cccc(C(=O)Oc2ccc([C@H]3c4c(n(C)c(=O)n(C)c4=O)N=C4c5ccccc5C(=O)[C@@H]43)cc2)c1. The van der Waals surface area contributed by atoms with Crippen molar-refractivity contribution in [2.24, 2.45) is 25.0 Å². The molecule has 38 heavy (non-hydrogen) atoms. The number of nitrogens with zero attached hydrogens (tertiary/aromatic N) is 3. The first kappa shape index (κ1) is 23.5. The van der Waals surface area contributed by atoms with Gasteiger partial charge in [-0.3, -0.25) is 18.7 Å². The Bertz CT molecular complexity index is 1810. The fourth-order valence-electron chi connectivity index (χ4n) is 5.41. The standard InChI is InChI=1S/C30H23N3O5/c1-16-7-6-8-18(15-16)29(36)38-19-13-11-17(12-14-19)22-23-25(20-9-4-5-10-21(20)26(23)34)31-27-24(22)28(35)33(3)30(37)32(27)2/h4-15,22-23H,1-3H3/t22-,23-/m1/s1. The first-order chi connectivity index (χ1) is 18.3. The van der Waals surface area contributed by atoms with E-state index in [0.29, 0.717) is 33.7 Å². The number of aromatic nitrogens is 2. The zero-order valence-electron chi connectivity index (χ0n) is 21.0. The second-order valence-electron chi connectivity index (χ2n) is 9.63. The summed E-state index contributed by atoms with van der Waals surface area (Å²) in [6, 6.07) is 21.1. The minimum Gasteiger partial charge on any atom is -0.423 e. The second kappa shape index (κ2) is 8.62. The van der Waals surface area contributed by atoms with Gasteiger partial charge in [0.15, 0.2) is 5.78 Å². The number of aliphatic imine (C=N–C) groups is 1. The first-order valence-electron chi connectivity index (χ1n) is 12.2. The number of carbonyl (C=O) groups is 2. The van der Waals surface area contributed by atoms with Crippen LogP contribution in [0.25, 0.3) is 0 Å². The maximum absolute atomic E-state index is 13.6. The lowest BCUT2D eigenvalue weighted by Gasteiger charge is -2.30. The summed E-state index contributed by atoms with van der Waals surface area (Å²) in [6.45, 7) is 1.90. The lowest BCUT2D eigenvalue weighted by Crippen LogP contribution is -2.43. The molecule has 0 saturated carbocycles. The maximum atomic E-state index is 13.6. The van der Waals surface area contributed by atoms with E-state index in [1.807, 2.05) is 25.1 Å². The van der Waals surface area contributed by atoms with Crippen molar-refractivity contribution in [1.82, 2.24) is 9.13 Å². The van der Waals surface area contributed by atoms with Gasteiger partial charge in [0.2, 0.25) is 0 Å². The molecule has 0 amide bonds. The number of aryl methyl sites for hydroxylation is 1. The summed E-state index contributed by atoms with van der Waals surface area (Å²) in [7, 11) is 2.99. The van der Waals surface area contributed by atoms with Gasteiger partial charge in [-0.05, 0) is 36.8 Å². The number of esters is 1. The summed E-state index contributed by atoms with van der Waals surface area (Å²) in [5.74, 6) is -1.42. The van der Waals surface area contributed by atoms with Gasteiger partial charge in [-0.15, -0.1) is 0 Å². The number of carbonyl (C=O) groups excluding carboxylic acids is 2. The zero-order chi connectivity index (χ0) is 26.7. The molecule has 2 aliphatic rings. The molecular weight excluding hydrogens is 482 g/mol. The highest BCUT2D eigenvalue weighted by atomic mass is 16.5. The van der Waals surface area contributed by atoms with Gasteiger partial charge in [0.25, 0.3) is 5.56 Å². The Labute approximate surface area is 217 Å². The van der Waals surface area contributed by atoms with Gasteiger partial charge in [0, 0.05) is 31.1 Å². The minimum atomic E-state index is -0.717. The normalized spacial score (nSPS) is 17.3. The number of fused-ring (bicyclic) bond motifs is 4. The zero-order valence-corrected chi connectivity index (χ0v) is 21.0. The maximum Gasteiger partial charge on any atom is 0.343 e. The Morgan fingerprint density at radius 1 is 0.842 bits per heavy atom. The molecule has 0 saturated heterocycles. The van der Waals surface area contributed by atoms with E-state index in [0.717, 1.165) is 10.1 Å². The van der Waals surface area contributed by atoms with E-state index in [1.165, 1.54) is 11.6 Å². The summed E-state index contributed by atoms with van der Waals surface area (Å²) in [6.07, 6.45) is 0. The summed E-state index contributed by atoms with van der Waals surface area (Å²) in [5.41, 5.74) is 3.15. The molecule has 3 aromatic carbocycles. The van der Waals surface area contributed by atoms with Crippen LogP contribution in [0.2, 0.25) is 0 Å². The number of hydrogen-bond donors (Lipinski definition) is 0. The van der Waals surface area contributed by atoms with Crippen molar-refractivity contribution >= 4 is 23.3 Å². The largest absolute Gasteiger partial charge is 0.423 e. The molecule has 8 heteroatoms. The van der Waals surface area contributed by atoms with Gasteiger partial charge in [-0.25, -0.2) is 14.6 Å². The topological polar surface area (TPSA) is 99.7 Å². The van der Waals surface area contributed by atoms with E-state index >= 15 is 0 Å². The van der Waals surface area contributed by atoms with Crippen molar-refractivity contribution in [3.05, 3.63) is 127 Å². The van der Waals surface area contributed by atoms with Gasteiger partial charge in [0.1, 0.15) is 11.6 Å². The number of Topliss-reactive ketones (excluding diaryl/α,β-unsaturated/α-hetero) is 1. The fourth-order valence-corrected chi connectivity index (χ4v) is 5.41. The molecule has 0 N–H and O–H groups in total. The van der Waals surface area contributed by atoms with Gasteiger partial charge >= 0.3 is 11.7 Å². The Hall–Kier alpha value is -4.85. The smallest absolute Gasteiger partial charge is 0.343 e. The van der Waals surface area contributed by atoms with Crippen LogP contribution in [0, 0.1) is 12.8 Å². The third-order valence-electron chi connectivity index (χ3n) is 7.29. The van der Waals surface area contributed by atoms with Crippen LogP contribution in [0.5, 0.6) is 5.75 Å². The molecule has 1 aliphatic carbocycles. The number of hydrogen-bond acceptors (Lipinski definition) is 6. The second-order valence-corrected chi connectivity index (χ2v) is 9.63. The highest BCUT2D eigenvalue weighted by molar-refractivity contribution is 6.30. The number of ether oxygens (including phenoxy) is 1. The molecule has 188 valence electrons. The average Bonchev–Trinajstić information content (AvgIpc) is 3.21. The molecule has 2 heterocycles. The number of benzene rings is 3. The number of rotatable bonds is 3. The molecular formula is C30H23N3O5. The van der Waals surface area contributed by atoms with Crippen LogP contribution < -0.4 is 16.0 Å². The van der Waals surface area contributed by atoms with Gasteiger partial charge in [0.05, 0.1) is 22.8 Å². The van der Waals surface area contributed by atoms with Crippen LogP contribution in [0.15, 0.2) is 87.4 Å². The van der Waals surface area contributed by atoms with Crippen molar-refractivity contribution in [1.29, 1.82) is 0 Å². The van der Waals surface area contributed by atoms with Gasteiger partial charge in [-0.2, -0.15) is 0 Å². The monoisotopic (exact) mass is 505 g/mol. The third kappa shape index (κ3) is 3.48. The Morgan fingerprint density at radius 3 is 2.26 bits per heavy atom. The quantitative estimate of drug-likeness (QED) is 0.312. The van der Waals surface area contributed by atoms with Crippen molar-refractivity contribution in [2.45, 2.75) is 12.8 Å². The Balaban J connectivity index is 1.46. The van der Waals surface area contributed by atoms with Crippen LogP contribution >= 0.6 is 0 Å². The number of ketones is 1. The Morgan fingerprint density at radius 2 is 1.55 bits per heavy atom. The van der Waals surface area contributed by atoms with E-state index < -0.39 is 29.1 Å². The molecule has 1 aliphatic heterocycles. The van der Waals surface area contributed by atoms with Gasteiger partial charge < -0.3 is 4.74 Å². The average molecular weight is 506 g/mol. The van der Waals surface area contributed by atoms with Crippen LogP contribution in [0.1, 0.15) is 48.9 Å². The van der Waals surface area contributed by atoms with Crippen molar-refractivity contribution in [2.75, 3.05) is 0 Å². The molecule has 6 rings (SSSR count). The predicted molar refractivity (Wildman–Crippen MR) is 142 cm³/mol. The molecule has 0 spiro atoms.